The highest BCUT2D eigenvalue weighted by molar-refractivity contribution is 5.95. The van der Waals surface area contributed by atoms with Gasteiger partial charge in [-0.25, -0.2) is 0 Å². The summed E-state index contributed by atoms with van der Waals surface area (Å²) < 4.78 is 29.3. The molecule has 134 valence electrons. The molecule has 0 aromatic heterocycles. The van der Waals surface area contributed by atoms with Gasteiger partial charge >= 0.3 is 6.61 Å². The van der Waals surface area contributed by atoms with E-state index in [-0.39, 0.29) is 35.4 Å². The number of hydrogen-bond donors (Lipinski definition) is 2. The number of anilines is 1. The molecule has 1 aliphatic rings. The standard InChI is InChI=1S/C17H24F2N2O3/c1-11(21-9-7-13(8-10-21)12(2)22)16(23)20-14-5-3-4-6-15(14)24-17(18)19/h3-6,11-13,17,22H,7-10H2,1-2H3,(H,20,23). The predicted octanol–water partition coefficient (Wildman–Crippen LogP) is 2.71. The number of likely N-dealkylation sites (tertiary alicyclic amines) is 1. The number of rotatable bonds is 6. The topological polar surface area (TPSA) is 61.8 Å². The van der Waals surface area contributed by atoms with E-state index in [1.165, 1.54) is 12.1 Å². The molecule has 1 saturated heterocycles. The molecule has 0 spiro atoms. The molecule has 0 radical (unpaired) electrons. The number of aliphatic hydroxyl groups is 1. The van der Waals surface area contributed by atoms with E-state index < -0.39 is 6.61 Å². The molecule has 2 atom stereocenters. The molecule has 1 fully saturated rings. The Bertz CT molecular complexity index is 546. The van der Waals surface area contributed by atoms with Crippen LogP contribution in [0.5, 0.6) is 5.75 Å². The molecule has 0 aliphatic carbocycles. The SMILES string of the molecule is CC(O)C1CCN(C(C)C(=O)Nc2ccccc2OC(F)F)CC1. The van der Waals surface area contributed by atoms with Crippen molar-refractivity contribution in [1.29, 1.82) is 0 Å². The number of aliphatic hydroxyl groups excluding tert-OH is 1. The highest BCUT2D eigenvalue weighted by atomic mass is 19.3. The van der Waals surface area contributed by atoms with E-state index in [0.717, 1.165) is 25.9 Å². The maximum atomic E-state index is 12.4. The quantitative estimate of drug-likeness (QED) is 0.834. The van der Waals surface area contributed by atoms with Crippen LogP contribution in [0.15, 0.2) is 24.3 Å². The molecule has 2 N–H and O–H groups in total. The fourth-order valence-corrected chi connectivity index (χ4v) is 2.96. The zero-order chi connectivity index (χ0) is 17.7. The van der Waals surface area contributed by atoms with Gasteiger partial charge in [0.2, 0.25) is 5.91 Å². The van der Waals surface area contributed by atoms with Crippen LogP contribution in [0.2, 0.25) is 0 Å². The van der Waals surface area contributed by atoms with E-state index in [2.05, 4.69) is 10.1 Å². The number of carbonyl (C=O) groups excluding carboxylic acids is 1. The Balaban J connectivity index is 1.95. The van der Waals surface area contributed by atoms with E-state index in [1.807, 2.05) is 4.90 Å². The molecule has 7 heteroatoms. The zero-order valence-electron chi connectivity index (χ0n) is 13.9. The third-order valence-corrected chi connectivity index (χ3v) is 4.54. The lowest BCUT2D eigenvalue weighted by molar-refractivity contribution is -0.121. The summed E-state index contributed by atoms with van der Waals surface area (Å²) >= 11 is 0. The Hall–Kier alpha value is -1.73. The highest BCUT2D eigenvalue weighted by Crippen LogP contribution is 2.27. The molecule has 5 nitrogen and oxygen atoms in total. The molecule has 2 unspecified atom stereocenters. The summed E-state index contributed by atoms with van der Waals surface area (Å²) in [4.78, 5) is 14.5. The van der Waals surface area contributed by atoms with Crippen molar-refractivity contribution < 1.29 is 23.4 Å². The molecule has 1 heterocycles. The van der Waals surface area contributed by atoms with Gasteiger partial charge in [0.1, 0.15) is 5.75 Å². The van der Waals surface area contributed by atoms with Gasteiger partial charge in [0.05, 0.1) is 17.8 Å². The van der Waals surface area contributed by atoms with E-state index >= 15 is 0 Å². The van der Waals surface area contributed by atoms with Crippen molar-refractivity contribution in [3.05, 3.63) is 24.3 Å². The second kappa shape index (κ2) is 8.39. The Morgan fingerprint density at radius 1 is 1.29 bits per heavy atom. The van der Waals surface area contributed by atoms with E-state index in [0.29, 0.717) is 0 Å². The molecular formula is C17H24F2N2O3. The first-order chi connectivity index (χ1) is 11.4. The molecule has 24 heavy (non-hydrogen) atoms. The Kier molecular flexibility index (Phi) is 6.51. The van der Waals surface area contributed by atoms with Crippen LogP contribution in [0.1, 0.15) is 26.7 Å². The van der Waals surface area contributed by atoms with E-state index in [1.54, 1.807) is 26.0 Å². The number of alkyl halides is 2. The van der Waals surface area contributed by atoms with Crippen LogP contribution in [0.4, 0.5) is 14.5 Å². The normalized spacial score (nSPS) is 19.1. The summed E-state index contributed by atoms with van der Waals surface area (Å²) in [6.45, 7) is 2.07. The summed E-state index contributed by atoms with van der Waals surface area (Å²) in [6.07, 6.45) is 1.33. The molecule has 1 aromatic rings. The summed E-state index contributed by atoms with van der Waals surface area (Å²) in [5.41, 5.74) is 0.230. The van der Waals surface area contributed by atoms with Gasteiger partial charge in [0.15, 0.2) is 0 Å². The van der Waals surface area contributed by atoms with Gasteiger partial charge in [-0.1, -0.05) is 12.1 Å². The number of benzene rings is 1. The minimum absolute atomic E-state index is 0.0548. The number of nitrogens with zero attached hydrogens (tertiary/aromatic N) is 1. The van der Waals surface area contributed by atoms with Gasteiger partial charge in [-0.05, 0) is 57.8 Å². The van der Waals surface area contributed by atoms with Crippen LogP contribution >= 0.6 is 0 Å². The van der Waals surface area contributed by atoms with Crippen LogP contribution < -0.4 is 10.1 Å². The first-order valence-electron chi connectivity index (χ1n) is 8.15. The highest BCUT2D eigenvalue weighted by Gasteiger charge is 2.28. The van der Waals surface area contributed by atoms with Crippen molar-refractivity contribution in [3.63, 3.8) is 0 Å². The van der Waals surface area contributed by atoms with Crippen LogP contribution in [0, 0.1) is 5.92 Å². The Morgan fingerprint density at radius 2 is 1.92 bits per heavy atom. The smallest absolute Gasteiger partial charge is 0.387 e. The van der Waals surface area contributed by atoms with Crippen LogP contribution in [0.3, 0.4) is 0 Å². The van der Waals surface area contributed by atoms with Crippen molar-refractivity contribution >= 4 is 11.6 Å². The molecule has 1 aromatic carbocycles. The fraction of sp³-hybridized carbons (Fsp3) is 0.588. The van der Waals surface area contributed by atoms with E-state index in [9.17, 15) is 18.7 Å². The predicted molar refractivity (Wildman–Crippen MR) is 87.1 cm³/mol. The average molecular weight is 342 g/mol. The number of ether oxygens (including phenoxy) is 1. The summed E-state index contributed by atoms with van der Waals surface area (Å²) in [6, 6.07) is 5.74. The molecule has 0 bridgehead atoms. The van der Waals surface area contributed by atoms with Crippen molar-refractivity contribution in [2.45, 2.75) is 45.4 Å². The maximum absolute atomic E-state index is 12.4. The molecular weight excluding hydrogens is 318 g/mol. The largest absolute Gasteiger partial charge is 0.433 e. The summed E-state index contributed by atoms with van der Waals surface area (Å²) in [5.74, 6) is -0.0617. The van der Waals surface area contributed by atoms with Crippen molar-refractivity contribution in [2.24, 2.45) is 5.92 Å². The average Bonchev–Trinajstić information content (AvgIpc) is 2.55. The third-order valence-electron chi connectivity index (χ3n) is 4.54. The number of piperidine rings is 1. The number of carbonyl (C=O) groups is 1. The van der Waals surface area contributed by atoms with Gasteiger partial charge in [0.25, 0.3) is 0 Å². The molecule has 1 amide bonds. The second-order valence-corrected chi connectivity index (χ2v) is 6.15. The summed E-state index contributed by atoms with van der Waals surface area (Å²) in [5, 5.41) is 12.3. The van der Waals surface area contributed by atoms with Gasteiger partial charge in [-0.2, -0.15) is 8.78 Å². The van der Waals surface area contributed by atoms with Crippen molar-refractivity contribution in [1.82, 2.24) is 4.90 Å². The first-order valence-corrected chi connectivity index (χ1v) is 8.15. The lowest BCUT2D eigenvalue weighted by atomic mass is 9.91. The summed E-state index contributed by atoms with van der Waals surface area (Å²) in [7, 11) is 0. The number of hydrogen-bond acceptors (Lipinski definition) is 4. The monoisotopic (exact) mass is 342 g/mol. The maximum Gasteiger partial charge on any atom is 0.387 e. The number of halogens is 2. The molecule has 1 aliphatic heterocycles. The third kappa shape index (κ3) is 4.88. The van der Waals surface area contributed by atoms with Crippen LogP contribution in [-0.4, -0.2) is 47.8 Å². The van der Waals surface area contributed by atoms with Crippen LogP contribution in [0.25, 0.3) is 0 Å². The Labute approximate surface area is 140 Å². The number of para-hydroxylation sites is 2. The van der Waals surface area contributed by atoms with Gasteiger partial charge in [0, 0.05) is 0 Å². The second-order valence-electron chi connectivity index (χ2n) is 6.15. The van der Waals surface area contributed by atoms with Crippen molar-refractivity contribution in [3.8, 4) is 5.75 Å². The number of nitrogens with one attached hydrogen (secondary N) is 1. The zero-order valence-corrected chi connectivity index (χ0v) is 13.9. The molecule has 2 rings (SSSR count). The minimum Gasteiger partial charge on any atom is -0.433 e. The lowest BCUT2D eigenvalue weighted by Crippen LogP contribution is -2.47. The first kappa shape index (κ1) is 18.6. The molecule has 0 saturated carbocycles. The van der Waals surface area contributed by atoms with Gasteiger partial charge < -0.3 is 15.2 Å². The van der Waals surface area contributed by atoms with Crippen molar-refractivity contribution in [2.75, 3.05) is 18.4 Å². The minimum atomic E-state index is -2.94. The number of amides is 1. The Morgan fingerprint density at radius 3 is 2.50 bits per heavy atom. The van der Waals surface area contributed by atoms with Gasteiger partial charge in [-0.3, -0.25) is 9.69 Å². The van der Waals surface area contributed by atoms with Gasteiger partial charge in [-0.15, -0.1) is 0 Å². The van der Waals surface area contributed by atoms with E-state index in [4.69, 9.17) is 0 Å². The fourth-order valence-electron chi connectivity index (χ4n) is 2.96. The van der Waals surface area contributed by atoms with Crippen LogP contribution in [-0.2, 0) is 4.79 Å². The lowest BCUT2D eigenvalue weighted by Gasteiger charge is -2.36.